The molecule has 0 aliphatic heterocycles. The molecule has 5 nitrogen and oxygen atoms in total. The lowest BCUT2D eigenvalue weighted by Gasteiger charge is -2.18. The van der Waals surface area contributed by atoms with Crippen molar-refractivity contribution in [3.63, 3.8) is 0 Å². The van der Waals surface area contributed by atoms with Crippen molar-refractivity contribution in [1.82, 2.24) is 14.9 Å². The van der Waals surface area contributed by atoms with Gasteiger partial charge < -0.3 is 5.32 Å². The van der Waals surface area contributed by atoms with Gasteiger partial charge in [0.05, 0.1) is 16.7 Å². The van der Waals surface area contributed by atoms with Crippen LogP contribution in [0, 0.1) is 5.82 Å². The number of benzene rings is 1. The van der Waals surface area contributed by atoms with Crippen LogP contribution in [0.4, 0.5) is 4.39 Å². The Morgan fingerprint density at radius 2 is 1.96 bits per heavy atom. The number of halogens is 1. The van der Waals surface area contributed by atoms with Gasteiger partial charge in [0, 0.05) is 7.05 Å². The van der Waals surface area contributed by atoms with Crippen molar-refractivity contribution in [2.45, 2.75) is 30.3 Å². The van der Waals surface area contributed by atoms with Gasteiger partial charge in [-0.05, 0) is 43.0 Å². The molecule has 3 rings (SSSR count). The van der Waals surface area contributed by atoms with E-state index >= 15 is 0 Å². The second-order valence-corrected chi connectivity index (χ2v) is 8.14. The molecule has 0 aliphatic carbocycles. The quantitative estimate of drug-likeness (QED) is 0.534. The number of nitrogens with one attached hydrogen (secondary N) is 1. The average Bonchev–Trinajstić information content (AvgIpc) is 3.08. The first-order chi connectivity index (χ1) is 12.4. The normalized spacial score (nSPS) is 13.5. The molecule has 0 spiro atoms. The summed E-state index contributed by atoms with van der Waals surface area (Å²) in [5.41, 5.74) is 0.702. The minimum Gasteiger partial charge on any atom is -0.349 e. The van der Waals surface area contributed by atoms with Crippen molar-refractivity contribution in [2.24, 2.45) is 7.05 Å². The monoisotopic (exact) mass is 391 g/mol. The number of hydrogen-bond acceptors (Lipinski definition) is 5. The SMILES string of the molecule is CC(Sc1nc2sccc2c(=O)n1C)C(=O)NC(C)c1ccc(F)cc1. The number of thioether (sulfide) groups is 1. The Morgan fingerprint density at radius 3 is 2.65 bits per heavy atom. The lowest BCUT2D eigenvalue weighted by atomic mass is 10.1. The first kappa shape index (κ1) is 18.6. The summed E-state index contributed by atoms with van der Waals surface area (Å²) in [6.07, 6.45) is 0. The molecule has 1 N–H and O–H groups in total. The van der Waals surface area contributed by atoms with Crippen LogP contribution in [0.5, 0.6) is 0 Å². The first-order valence-electron chi connectivity index (χ1n) is 8.03. The predicted molar refractivity (Wildman–Crippen MR) is 103 cm³/mol. The summed E-state index contributed by atoms with van der Waals surface area (Å²) in [7, 11) is 1.65. The molecule has 26 heavy (non-hydrogen) atoms. The molecule has 0 radical (unpaired) electrons. The molecule has 0 aliphatic rings. The number of aromatic nitrogens is 2. The Labute approximate surface area is 158 Å². The fourth-order valence-corrected chi connectivity index (χ4v) is 4.15. The van der Waals surface area contributed by atoms with Crippen molar-refractivity contribution in [1.29, 1.82) is 0 Å². The van der Waals surface area contributed by atoms with Gasteiger partial charge in [-0.1, -0.05) is 23.9 Å². The Bertz CT molecular complexity index is 998. The van der Waals surface area contributed by atoms with Crippen LogP contribution in [0.2, 0.25) is 0 Å². The molecule has 2 unspecified atom stereocenters. The zero-order chi connectivity index (χ0) is 18.8. The Kier molecular flexibility index (Phi) is 5.43. The zero-order valence-electron chi connectivity index (χ0n) is 14.5. The van der Waals surface area contributed by atoms with Gasteiger partial charge in [0.2, 0.25) is 5.91 Å². The molecule has 2 atom stereocenters. The molecule has 0 fully saturated rings. The molecule has 8 heteroatoms. The summed E-state index contributed by atoms with van der Waals surface area (Å²) in [6.45, 7) is 3.61. The van der Waals surface area contributed by atoms with Gasteiger partial charge in [-0.15, -0.1) is 11.3 Å². The van der Waals surface area contributed by atoms with Crippen LogP contribution in [0.3, 0.4) is 0 Å². The zero-order valence-corrected chi connectivity index (χ0v) is 16.2. The Hall–Kier alpha value is -2.19. The van der Waals surface area contributed by atoms with Gasteiger partial charge in [0.15, 0.2) is 5.16 Å². The summed E-state index contributed by atoms with van der Waals surface area (Å²) < 4.78 is 14.5. The molecule has 0 saturated carbocycles. The summed E-state index contributed by atoms with van der Waals surface area (Å²) in [4.78, 5) is 30.0. The number of fused-ring (bicyclic) bond motifs is 1. The fourth-order valence-electron chi connectivity index (χ4n) is 2.46. The van der Waals surface area contributed by atoms with E-state index in [1.165, 1.54) is 39.8 Å². The van der Waals surface area contributed by atoms with Gasteiger partial charge in [-0.2, -0.15) is 0 Å². The highest BCUT2D eigenvalue weighted by molar-refractivity contribution is 8.00. The highest BCUT2D eigenvalue weighted by Gasteiger charge is 2.20. The average molecular weight is 391 g/mol. The maximum Gasteiger partial charge on any atom is 0.262 e. The van der Waals surface area contributed by atoms with Crippen LogP contribution in [0.1, 0.15) is 25.5 Å². The molecular formula is C18H18FN3O2S2. The van der Waals surface area contributed by atoms with E-state index in [1.54, 1.807) is 32.2 Å². The second kappa shape index (κ2) is 7.59. The molecule has 1 aromatic carbocycles. The van der Waals surface area contributed by atoms with E-state index in [0.717, 1.165) is 5.56 Å². The van der Waals surface area contributed by atoms with E-state index in [4.69, 9.17) is 0 Å². The summed E-state index contributed by atoms with van der Waals surface area (Å²) in [5.74, 6) is -0.487. The molecule has 0 bridgehead atoms. The molecule has 136 valence electrons. The number of carbonyl (C=O) groups is 1. The third-order valence-electron chi connectivity index (χ3n) is 4.04. The number of rotatable bonds is 5. The predicted octanol–water partition coefficient (Wildman–Crippen LogP) is 3.49. The van der Waals surface area contributed by atoms with Crippen LogP contribution >= 0.6 is 23.1 Å². The molecular weight excluding hydrogens is 373 g/mol. The van der Waals surface area contributed by atoms with E-state index in [9.17, 15) is 14.0 Å². The van der Waals surface area contributed by atoms with Gasteiger partial charge in [-0.3, -0.25) is 14.2 Å². The number of thiophene rings is 1. The van der Waals surface area contributed by atoms with Crippen LogP contribution in [0.25, 0.3) is 10.2 Å². The second-order valence-electron chi connectivity index (χ2n) is 5.94. The summed E-state index contributed by atoms with van der Waals surface area (Å²) >= 11 is 2.64. The number of hydrogen-bond donors (Lipinski definition) is 1. The van der Waals surface area contributed by atoms with E-state index in [0.29, 0.717) is 15.4 Å². The van der Waals surface area contributed by atoms with Crippen molar-refractivity contribution in [3.05, 3.63) is 57.4 Å². The Morgan fingerprint density at radius 1 is 1.27 bits per heavy atom. The van der Waals surface area contributed by atoms with Crippen molar-refractivity contribution in [3.8, 4) is 0 Å². The maximum absolute atomic E-state index is 13.0. The molecule has 2 aromatic heterocycles. The van der Waals surface area contributed by atoms with Crippen LogP contribution in [-0.4, -0.2) is 20.7 Å². The van der Waals surface area contributed by atoms with Gasteiger partial charge in [0.25, 0.3) is 5.56 Å². The minimum atomic E-state index is -0.437. The highest BCUT2D eigenvalue weighted by Crippen LogP contribution is 2.24. The summed E-state index contributed by atoms with van der Waals surface area (Å²) in [5, 5.41) is 5.39. The molecule has 0 saturated heterocycles. The standard InChI is InChI=1S/C18H18FN3O2S2/c1-10(12-4-6-13(19)7-5-12)20-15(23)11(2)26-18-21-16-14(8-9-25-16)17(24)22(18)3/h4-11H,1-3H3,(H,20,23). The first-order valence-corrected chi connectivity index (χ1v) is 9.79. The lowest BCUT2D eigenvalue weighted by Crippen LogP contribution is -2.33. The van der Waals surface area contributed by atoms with E-state index in [2.05, 4.69) is 10.3 Å². The largest absolute Gasteiger partial charge is 0.349 e. The van der Waals surface area contributed by atoms with Gasteiger partial charge in [-0.25, -0.2) is 9.37 Å². The van der Waals surface area contributed by atoms with Crippen molar-refractivity contribution >= 4 is 39.2 Å². The number of nitrogens with zero attached hydrogens (tertiary/aromatic N) is 2. The van der Waals surface area contributed by atoms with E-state index in [-0.39, 0.29) is 23.3 Å². The van der Waals surface area contributed by atoms with Crippen LogP contribution < -0.4 is 10.9 Å². The lowest BCUT2D eigenvalue weighted by molar-refractivity contribution is -0.120. The fraction of sp³-hybridized carbons (Fsp3) is 0.278. The molecule has 2 heterocycles. The van der Waals surface area contributed by atoms with E-state index < -0.39 is 5.25 Å². The van der Waals surface area contributed by atoms with Gasteiger partial charge >= 0.3 is 0 Å². The number of amides is 1. The summed E-state index contributed by atoms with van der Waals surface area (Å²) in [6, 6.07) is 7.53. The molecule has 3 aromatic rings. The highest BCUT2D eigenvalue weighted by atomic mass is 32.2. The van der Waals surface area contributed by atoms with Crippen LogP contribution in [-0.2, 0) is 11.8 Å². The van der Waals surface area contributed by atoms with Gasteiger partial charge in [0.1, 0.15) is 10.6 Å². The minimum absolute atomic E-state index is 0.119. The molecule has 1 amide bonds. The topological polar surface area (TPSA) is 64.0 Å². The van der Waals surface area contributed by atoms with Crippen LogP contribution in [0.15, 0.2) is 45.7 Å². The third kappa shape index (κ3) is 3.81. The maximum atomic E-state index is 13.0. The smallest absolute Gasteiger partial charge is 0.262 e. The third-order valence-corrected chi connectivity index (χ3v) is 5.99. The van der Waals surface area contributed by atoms with Crippen molar-refractivity contribution in [2.75, 3.05) is 0 Å². The Balaban J connectivity index is 1.72. The number of carbonyl (C=O) groups excluding carboxylic acids is 1. The van der Waals surface area contributed by atoms with E-state index in [1.807, 2.05) is 12.3 Å². The van der Waals surface area contributed by atoms with Crippen molar-refractivity contribution < 1.29 is 9.18 Å².